The van der Waals surface area contributed by atoms with Crippen LogP contribution in [0.3, 0.4) is 0 Å². The van der Waals surface area contributed by atoms with Gasteiger partial charge in [0.2, 0.25) is 12.4 Å². The van der Waals surface area contributed by atoms with Crippen molar-refractivity contribution in [2.75, 3.05) is 12.4 Å². The normalized spacial score (nSPS) is 28.1. The summed E-state index contributed by atoms with van der Waals surface area (Å²) >= 11 is 0. The first kappa shape index (κ1) is 15.2. The number of nitrogens with zero attached hydrogens (tertiary/aromatic N) is 3. The molecular formula is C16H24N4O2. The molecule has 0 bridgehead atoms. The van der Waals surface area contributed by atoms with Crippen LogP contribution in [-0.2, 0) is 22.5 Å². The van der Waals surface area contributed by atoms with Gasteiger partial charge in [-0.3, -0.25) is 4.79 Å². The van der Waals surface area contributed by atoms with E-state index in [0.717, 1.165) is 49.8 Å². The van der Waals surface area contributed by atoms with E-state index in [2.05, 4.69) is 22.2 Å². The number of anilines is 1. The van der Waals surface area contributed by atoms with Gasteiger partial charge in [0.25, 0.3) is 0 Å². The lowest BCUT2D eigenvalue weighted by Gasteiger charge is -2.31. The van der Waals surface area contributed by atoms with Crippen molar-refractivity contribution in [2.24, 2.45) is 0 Å². The average molecular weight is 304 g/mol. The molecular weight excluding hydrogens is 280 g/mol. The van der Waals surface area contributed by atoms with Gasteiger partial charge in [-0.2, -0.15) is 0 Å². The zero-order valence-corrected chi connectivity index (χ0v) is 13.3. The Hall–Kier alpha value is -1.69. The topological polar surface area (TPSA) is 67.3 Å². The van der Waals surface area contributed by atoms with Crippen LogP contribution in [0.15, 0.2) is 6.20 Å². The van der Waals surface area contributed by atoms with E-state index in [1.165, 1.54) is 0 Å². The van der Waals surface area contributed by atoms with E-state index < -0.39 is 0 Å². The minimum absolute atomic E-state index is 0.219. The highest BCUT2D eigenvalue weighted by Crippen LogP contribution is 2.24. The Labute approximate surface area is 131 Å². The van der Waals surface area contributed by atoms with E-state index in [-0.39, 0.29) is 6.04 Å². The molecule has 1 aliphatic heterocycles. The van der Waals surface area contributed by atoms with Crippen LogP contribution in [0.5, 0.6) is 0 Å². The molecule has 1 N–H and O–H groups in total. The Morgan fingerprint density at radius 2 is 2.14 bits per heavy atom. The fourth-order valence-electron chi connectivity index (χ4n) is 3.35. The largest absolute Gasteiger partial charge is 0.381 e. The van der Waals surface area contributed by atoms with E-state index in [1.807, 2.05) is 6.20 Å². The maximum Gasteiger partial charge on any atom is 0.223 e. The van der Waals surface area contributed by atoms with Crippen molar-refractivity contribution >= 4 is 12.4 Å². The number of hydrogen-bond acceptors (Lipinski definition) is 5. The Kier molecular flexibility index (Phi) is 4.57. The molecule has 2 aliphatic rings. The van der Waals surface area contributed by atoms with E-state index in [1.54, 1.807) is 12.0 Å². The first-order chi connectivity index (χ1) is 10.7. The van der Waals surface area contributed by atoms with Gasteiger partial charge in [-0.05, 0) is 44.6 Å². The second-order valence-corrected chi connectivity index (χ2v) is 6.35. The van der Waals surface area contributed by atoms with Crippen molar-refractivity contribution in [3.8, 4) is 0 Å². The molecule has 1 aliphatic carbocycles. The molecule has 1 saturated carbocycles. The van der Waals surface area contributed by atoms with Gasteiger partial charge >= 0.3 is 0 Å². The quantitative estimate of drug-likeness (QED) is 0.858. The highest BCUT2D eigenvalue weighted by Gasteiger charge is 2.25. The summed E-state index contributed by atoms with van der Waals surface area (Å²) in [5.41, 5.74) is 2.12. The van der Waals surface area contributed by atoms with Crippen LogP contribution >= 0.6 is 0 Å². The van der Waals surface area contributed by atoms with Gasteiger partial charge in [0.05, 0.1) is 18.3 Å². The Balaban J connectivity index is 1.65. The molecule has 0 unspecified atom stereocenters. The third-order valence-electron chi connectivity index (χ3n) is 4.84. The molecule has 0 radical (unpaired) electrons. The molecule has 1 aromatic rings. The van der Waals surface area contributed by atoms with Crippen molar-refractivity contribution in [1.29, 1.82) is 0 Å². The number of nitrogens with one attached hydrogen (secondary N) is 1. The van der Waals surface area contributed by atoms with Crippen LogP contribution in [0.25, 0.3) is 0 Å². The number of rotatable bonds is 4. The molecule has 1 amide bonds. The Morgan fingerprint density at radius 3 is 2.82 bits per heavy atom. The highest BCUT2D eigenvalue weighted by molar-refractivity contribution is 5.49. The summed E-state index contributed by atoms with van der Waals surface area (Å²) in [5.74, 6) is 0.681. The summed E-state index contributed by atoms with van der Waals surface area (Å²) < 4.78 is 5.40. The van der Waals surface area contributed by atoms with Crippen molar-refractivity contribution in [3.63, 3.8) is 0 Å². The number of carbonyl (C=O) groups is 1. The lowest BCUT2D eigenvalue weighted by Crippen LogP contribution is -2.38. The fraction of sp³-hybridized carbons (Fsp3) is 0.688. The molecule has 120 valence electrons. The lowest BCUT2D eigenvalue weighted by molar-refractivity contribution is -0.120. The highest BCUT2D eigenvalue weighted by atomic mass is 16.5. The predicted molar refractivity (Wildman–Crippen MR) is 83.5 cm³/mol. The van der Waals surface area contributed by atoms with Gasteiger partial charge in [0.1, 0.15) is 0 Å². The number of ether oxygens (including phenoxy) is 1. The Morgan fingerprint density at radius 1 is 1.36 bits per heavy atom. The van der Waals surface area contributed by atoms with Gasteiger partial charge in [-0.15, -0.1) is 0 Å². The number of hydrogen-bond donors (Lipinski definition) is 1. The van der Waals surface area contributed by atoms with Gasteiger partial charge in [0.15, 0.2) is 0 Å². The second kappa shape index (κ2) is 6.60. The van der Waals surface area contributed by atoms with Gasteiger partial charge in [-0.1, -0.05) is 0 Å². The SMILES string of the molecule is COC1CCC(Nc2ncc3c(n2)CN(C=O)[C@H](C)C3)CC1. The maximum atomic E-state index is 11.1. The smallest absolute Gasteiger partial charge is 0.223 e. The number of carbonyl (C=O) groups excluding carboxylic acids is 1. The minimum Gasteiger partial charge on any atom is -0.381 e. The minimum atomic E-state index is 0.219. The van der Waals surface area contributed by atoms with Crippen molar-refractivity contribution in [1.82, 2.24) is 14.9 Å². The average Bonchev–Trinajstić information content (AvgIpc) is 2.55. The molecule has 6 nitrogen and oxygen atoms in total. The second-order valence-electron chi connectivity index (χ2n) is 6.35. The summed E-state index contributed by atoms with van der Waals surface area (Å²) in [6, 6.07) is 0.630. The van der Waals surface area contributed by atoms with E-state index in [4.69, 9.17) is 4.74 Å². The molecule has 22 heavy (non-hydrogen) atoms. The molecule has 0 saturated heterocycles. The predicted octanol–water partition coefficient (Wildman–Crippen LogP) is 1.75. The van der Waals surface area contributed by atoms with Crippen LogP contribution in [-0.4, -0.2) is 46.6 Å². The molecule has 0 spiro atoms. The first-order valence-corrected chi connectivity index (χ1v) is 8.04. The summed E-state index contributed by atoms with van der Waals surface area (Å²) in [4.78, 5) is 22.0. The van der Waals surface area contributed by atoms with Gasteiger partial charge in [0, 0.05) is 25.4 Å². The summed E-state index contributed by atoms with van der Waals surface area (Å²) in [6.45, 7) is 2.63. The number of methoxy groups -OCH3 is 1. The fourth-order valence-corrected chi connectivity index (χ4v) is 3.35. The Bertz CT molecular complexity index is 529. The van der Waals surface area contributed by atoms with Crippen LogP contribution in [0.4, 0.5) is 5.95 Å². The standard InChI is InChI=1S/C16H24N4O2/c1-11-7-12-8-17-16(19-15(12)9-20(11)10-21)18-13-3-5-14(22-2)6-4-13/h8,10-11,13-14H,3-7,9H2,1-2H3,(H,17,18,19)/t11-,13?,14?/m1/s1. The van der Waals surface area contributed by atoms with Gasteiger partial charge < -0.3 is 15.0 Å². The third-order valence-corrected chi connectivity index (χ3v) is 4.84. The monoisotopic (exact) mass is 304 g/mol. The lowest BCUT2D eigenvalue weighted by atomic mass is 9.93. The van der Waals surface area contributed by atoms with Gasteiger partial charge in [-0.25, -0.2) is 9.97 Å². The zero-order chi connectivity index (χ0) is 15.5. The molecule has 1 fully saturated rings. The van der Waals surface area contributed by atoms with Crippen molar-refractivity contribution in [3.05, 3.63) is 17.5 Å². The number of aromatic nitrogens is 2. The number of amides is 1. The van der Waals surface area contributed by atoms with Crippen LogP contribution < -0.4 is 5.32 Å². The zero-order valence-electron chi connectivity index (χ0n) is 13.3. The summed E-state index contributed by atoms with van der Waals surface area (Å²) in [6.07, 6.45) is 8.36. The molecule has 0 aromatic carbocycles. The van der Waals surface area contributed by atoms with E-state index in [9.17, 15) is 4.79 Å². The third kappa shape index (κ3) is 3.21. The maximum absolute atomic E-state index is 11.1. The summed E-state index contributed by atoms with van der Waals surface area (Å²) in [7, 11) is 1.78. The van der Waals surface area contributed by atoms with E-state index in [0.29, 0.717) is 24.6 Å². The molecule has 3 rings (SSSR count). The van der Waals surface area contributed by atoms with Crippen LogP contribution in [0.2, 0.25) is 0 Å². The molecule has 1 atom stereocenters. The molecule has 1 aromatic heterocycles. The van der Waals surface area contributed by atoms with Crippen LogP contribution in [0.1, 0.15) is 43.9 Å². The summed E-state index contributed by atoms with van der Waals surface area (Å²) in [5, 5.41) is 3.44. The van der Waals surface area contributed by atoms with Crippen molar-refractivity contribution < 1.29 is 9.53 Å². The first-order valence-electron chi connectivity index (χ1n) is 8.04. The molecule has 6 heteroatoms. The van der Waals surface area contributed by atoms with Crippen molar-refractivity contribution in [2.45, 2.75) is 63.8 Å². The molecule has 2 heterocycles. The van der Waals surface area contributed by atoms with Crippen LogP contribution in [0, 0.1) is 0 Å². The number of fused-ring (bicyclic) bond motifs is 1. The van der Waals surface area contributed by atoms with E-state index >= 15 is 0 Å².